The van der Waals surface area contributed by atoms with E-state index in [0.717, 1.165) is 5.56 Å². The minimum atomic E-state index is -4.47. The number of morpholine rings is 1. The van der Waals surface area contributed by atoms with Gasteiger partial charge in [0.1, 0.15) is 0 Å². The fourth-order valence-corrected chi connectivity index (χ4v) is 2.46. The molecule has 23 heavy (non-hydrogen) atoms. The Morgan fingerprint density at radius 2 is 1.83 bits per heavy atom. The molecule has 1 fully saturated rings. The van der Waals surface area contributed by atoms with Gasteiger partial charge in [0.05, 0.1) is 13.2 Å². The standard InChI is InChI=1S/C13H15Cl3N2O4S/c14-13(15,16)23(19,20)22-17-12(18-6-8-21-9-7-18)10-11-4-2-1-3-5-11/h1-5H,6-10H2/b17-12-. The molecule has 128 valence electrons. The highest BCUT2D eigenvalue weighted by molar-refractivity contribution is 7.92. The van der Waals surface area contributed by atoms with Crippen LogP contribution in [0.2, 0.25) is 0 Å². The van der Waals surface area contributed by atoms with Gasteiger partial charge >= 0.3 is 13.2 Å². The lowest BCUT2D eigenvalue weighted by molar-refractivity contribution is 0.0662. The molecule has 0 bridgehead atoms. The smallest absolute Gasteiger partial charge is 0.378 e. The van der Waals surface area contributed by atoms with E-state index in [1.165, 1.54) is 0 Å². The van der Waals surface area contributed by atoms with Gasteiger partial charge in [-0.2, -0.15) is 8.42 Å². The van der Waals surface area contributed by atoms with Crippen molar-refractivity contribution in [2.45, 2.75) is 9.55 Å². The number of rotatable bonds is 4. The van der Waals surface area contributed by atoms with E-state index in [9.17, 15) is 8.42 Å². The second-order valence-corrected chi connectivity index (χ2v) is 9.37. The Morgan fingerprint density at radius 1 is 1.22 bits per heavy atom. The monoisotopic (exact) mass is 400 g/mol. The Labute approximate surface area is 150 Å². The number of nitrogens with zero attached hydrogens (tertiary/aromatic N) is 2. The molecule has 0 spiro atoms. The van der Waals surface area contributed by atoms with Crippen LogP contribution in [0.1, 0.15) is 5.56 Å². The minimum absolute atomic E-state index is 0.385. The summed E-state index contributed by atoms with van der Waals surface area (Å²) < 4.78 is 30.7. The normalized spacial score (nSPS) is 17.2. The highest BCUT2D eigenvalue weighted by Gasteiger charge is 2.41. The summed E-state index contributed by atoms with van der Waals surface area (Å²) in [5.41, 5.74) is 0.952. The lowest BCUT2D eigenvalue weighted by Crippen LogP contribution is -2.42. The average Bonchev–Trinajstić information content (AvgIpc) is 2.52. The molecule has 1 aromatic carbocycles. The average molecular weight is 402 g/mol. The molecule has 0 amide bonds. The summed E-state index contributed by atoms with van der Waals surface area (Å²) in [6.45, 7) is 2.18. The first-order valence-electron chi connectivity index (χ1n) is 6.73. The van der Waals surface area contributed by atoms with Crippen LogP contribution in [0.3, 0.4) is 0 Å². The minimum Gasteiger partial charge on any atom is -0.378 e. The van der Waals surface area contributed by atoms with Crippen molar-refractivity contribution in [2.24, 2.45) is 5.16 Å². The summed E-state index contributed by atoms with van der Waals surface area (Å²) in [5, 5.41) is 3.73. The van der Waals surface area contributed by atoms with Crippen LogP contribution >= 0.6 is 34.8 Å². The van der Waals surface area contributed by atoms with Gasteiger partial charge in [-0.15, -0.1) is 0 Å². The number of hydrogen-bond acceptors (Lipinski definition) is 5. The molecule has 1 aliphatic rings. The first-order valence-corrected chi connectivity index (χ1v) is 9.27. The molecule has 0 aromatic heterocycles. The van der Waals surface area contributed by atoms with E-state index in [1.54, 1.807) is 0 Å². The zero-order chi connectivity index (χ0) is 16.9. The molecule has 0 N–H and O–H groups in total. The van der Waals surface area contributed by atoms with Crippen LogP contribution in [0, 0.1) is 0 Å². The van der Waals surface area contributed by atoms with Crippen LogP contribution in [0.25, 0.3) is 0 Å². The van der Waals surface area contributed by atoms with Gasteiger partial charge < -0.3 is 9.64 Å². The molecule has 10 heteroatoms. The van der Waals surface area contributed by atoms with Crippen molar-refractivity contribution in [1.29, 1.82) is 0 Å². The summed E-state index contributed by atoms with van der Waals surface area (Å²) in [7, 11) is -4.47. The van der Waals surface area contributed by atoms with Crippen LogP contribution in [0.15, 0.2) is 35.5 Å². The summed E-state index contributed by atoms with van der Waals surface area (Å²) in [6, 6.07) is 9.45. The van der Waals surface area contributed by atoms with Crippen LogP contribution in [0.4, 0.5) is 0 Å². The largest absolute Gasteiger partial charge is 0.378 e. The van der Waals surface area contributed by atoms with Gasteiger partial charge in [0.25, 0.3) is 0 Å². The Balaban J connectivity index is 2.20. The van der Waals surface area contributed by atoms with Crippen molar-refractivity contribution in [3.05, 3.63) is 35.9 Å². The number of ether oxygens (including phenoxy) is 1. The Morgan fingerprint density at radius 3 is 2.39 bits per heavy atom. The van der Waals surface area contributed by atoms with Gasteiger partial charge in [0.2, 0.25) is 0 Å². The van der Waals surface area contributed by atoms with Gasteiger partial charge in [-0.05, 0) is 5.56 Å². The highest BCUT2D eigenvalue weighted by Crippen LogP contribution is 2.34. The summed E-state index contributed by atoms with van der Waals surface area (Å²) in [4.78, 5) is 1.88. The topological polar surface area (TPSA) is 68.2 Å². The van der Waals surface area contributed by atoms with Crippen LogP contribution in [-0.4, -0.2) is 48.6 Å². The molecule has 1 heterocycles. The molecule has 1 aliphatic heterocycles. The summed E-state index contributed by atoms with van der Waals surface area (Å²) in [5.74, 6) is 0.428. The van der Waals surface area contributed by atoms with Crippen LogP contribution in [0.5, 0.6) is 0 Å². The number of oxime groups is 1. The SMILES string of the molecule is O=S(=O)(O/N=C(/Cc1ccccc1)N1CCOCC1)C(Cl)(Cl)Cl. The second-order valence-electron chi connectivity index (χ2n) is 4.74. The zero-order valence-corrected chi connectivity index (χ0v) is 15.1. The fraction of sp³-hybridized carbons (Fsp3) is 0.462. The third-order valence-corrected chi connectivity index (χ3v) is 5.64. The molecule has 0 unspecified atom stereocenters. The predicted octanol–water partition coefficient (Wildman–Crippen LogP) is 2.55. The third-order valence-electron chi connectivity index (χ3n) is 3.11. The number of hydrogen-bond donors (Lipinski definition) is 0. The molecule has 0 aliphatic carbocycles. The highest BCUT2D eigenvalue weighted by atomic mass is 35.6. The van der Waals surface area contributed by atoms with E-state index in [2.05, 4.69) is 9.44 Å². The van der Waals surface area contributed by atoms with Crippen molar-refractivity contribution < 1.29 is 17.4 Å². The van der Waals surface area contributed by atoms with Crippen LogP contribution < -0.4 is 0 Å². The maximum atomic E-state index is 11.7. The molecule has 0 atom stereocenters. The molecular weight excluding hydrogens is 387 g/mol. The number of benzene rings is 1. The molecule has 2 rings (SSSR count). The van der Waals surface area contributed by atoms with Gasteiger partial charge in [-0.25, -0.2) is 0 Å². The number of halogens is 3. The van der Waals surface area contributed by atoms with Gasteiger partial charge in [-0.3, -0.25) is 4.28 Å². The first kappa shape index (κ1) is 18.6. The number of alkyl halides is 3. The Hall–Kier alpha value is -0.730. The first-order chi connectivity index (χ1) is 10.8. The van der Waals surface area contributed by atoms with E-state index in [4.69, 9.17) is 39.5 Å². The lowest BCUT2D eigenvalue weighted by Gasteiger charge is -2.29. The molecule has 0 saturated carbocycles. The van der Waals surface area contributed by atoms with Crippen molar-refractivity contribution in [3.63, 3.8) is 0 Å². The zero-order valence-electron chi connectivity index (χ0n) is 12.0. The molecule has 1 aromatic rings. The maximum Gasteiger partial charge on any atom is 0.378 e. The number of amidine groups is 1. The maximum absolute atomic E-state index is 11.7. The van der Waals surface area contributed by atoms with E-state index in [1.807, 2.05) is 35.2 Å². The van der Waals surface area contributed by atoms with Gasteiger partial charge in [-0.1, -0.05) is 70.3 Å². The Bertz CT molecular complexity index is 641. The van der Waals surface area contributed by atoms with E-state index >= 15 is 0 Å². The van der Waals surface area contributed by atoms with E-state index in [-0.39, 0.29) is 0 Å². The van der Waals surface area contributed by atoms with Crippen molar-refractivity contribution in [3.8, 4) is 0 Å². The van der Waals surface area contributed by atoms with Gasteiger partial charge in [0.15, 0.2) is 5.84 Å². The van der Waals surface area contributed by atoms with Crippen molar-refractivity contribution in [1.82, 2.24) is 4.90 Å². The predicted molar refractivity (Wildman–Crippen MR) is 90.3 cm³/mol. The fourth-order valence-electron chi connectivity index (χ4n) is 1.94. The van der Waals surface area contributed by atoms with Crippen molar-refractivity contribution in [2.75, 3.05) is 26.3 Å². The third kappa shape index (κ3) is 5.39. The van der Waals surface area contributed by atoms with Crippen LogP contribution in [-0.2, 0) is 25.6 Å². The van der Waals surface area contributed by atoms with E-state index < -0.39 is 13.2 Å². The summed E-state index contributed by atoms with van der Waals surface area (Å²) in [6.07, 6.45) is 0.385. The quantitative estimate of drug-likeness (QED) is 0.336. The second kappa shape index (κ2) is 7.90. The van der Waals surface area contributed by atoms with E-state index in [0.29, 0.717) is 38.6 Å². The molecule has 1 saturated heterocycles. The van der Waals surface area contributed by atoms with Gasteiger partial charge in [0, 0.05) is 19.5 Å². The Kier molecular flexibility index (Phi) is 6.39. The van der Waals surface area contributed by atoms with Crippen molar-refractivity contribution >= 4 is 50.8 Å². The molecule has 0 radical (unpaired) electrons. The molecular formula is C13H15Cl3N2O4S. The molecule has 6 nitrogen and oxygen atoms in total. The lowest BCUT2D eigenvalue weighted by atomic mass is 10.1. The summed E-state index contributed by atoms with van der Waals surface area (Å²) >= 11 is 16.1.